The first-order valence-electron chi connectivity index (χ1n) is 6.03. The van der Waals surface area contributed by atoms with Gasteiger partial charge in [-0.15, -0.1) is 0 Å². The molecule has 0 amide bonds. The van der Waals surface area contributed by atoms with Crippen molar-refractivity contribution in [1.82, 2.24) is 5.32 Å². The Kier molecular flexibility index (Phi) is 6.10. The van der Waals surface area contributed by atoms with Gasteiger partial charge in [-0.1, -0.05) is 30.7 Å². The van der Waals surface area contributed by atoms with Crippen LogP contribution in [0.3, 0.4) is 0 Å². The van der Waals surface area contributed by atoms with E-state index in [0.717, 1.165) is 6.92 Å². The van der Waals surface area contributed by atoms with Crippen LogP contribution in [0.25, 0.3) is 0 Å². The van der Waals surface area contributed by atoms with Crippen LogP contribution in [-0.4, -0.2) is 25.4 Å². The Morgan fingerprint density at radius 3 is 2.58 bits per heavy atom. The van der Waals surface area contributed by atoms with E-state index in [-0.39, 0.29) is 0 Å². The molecule has 1 N–H and O–H groups in total. The average Bonchev–Trinajstić information content (AvgIpc) is 2.33. The van der Waals surface area contributed by atoms with Crippen molar-refractivity contribution >= 4 is 11.6 Å². The van der Waals surface area contributed by atoms with E-state index >= 15 is 0 Å². The molecule has 0 heterocycles. The zero-order valence-electron chi connectivity index (χ0n) is 10.8. The molecule has 1 rings (SSSR count). The van der Waals surface area contributed by atoms with Crippen molar-refractivity contribution in [2.75, 3.05) is 13.1 Å². The van der Waals surface area contributed by atoms with Crippen LogP contribution >= 0.6 is 11.6 Å². The maximum Gasteiger partial charge on any atom is 0.414 e. The zero-order valence-corrected chi connectivity index (χ0v) is 11.6. The summed E-state index contributed by atoms with van der Waals surface area (Å²) in [6.07, 6.45) is -6.88. The minimum absolute atomic E-state index is 0.303. The molecule has 0 spiro atoms. The predicted molar refractivity (Wildman–Crippen MR) is 69.3 cm³/mol. The highest BCUT2D eigenvalue weighted by Crippen LogP contribution is 2.28. The van der Waals surface area contributed by atoms with Crippen LogP contribution < -0.4 is 5.32 Å². The number of likely N-dealkylation sites (N-methyl/N-ethyl adjacent to an activating group) is 1. The van der Waals surface area contributed by atoms with Gasteiger partial charge in [-0.25, -0.2) is 0 Å². The van der Waals surface area contributed by atoms with Gasteiger partial charge in [-0.05, 0) is 31.2 Å². The number of halogens is 4. The van der Waals surface area contributed by atoms with Gasteiger partial charge in [0.25, 0.3) is 0 Å². The SMILES string of the molecule is CCNCC(OC(C)C(F)(F)F)c1cccc(Cl)c1. The van der Waals surface area contributed by atoms with Crippen molar-refractivity contribution in [3.8, 4) is 0 Å². The molecule has 0 aromatic heterocycles. The molecular weight excluding hydrogens is 279 g/mol. The lowest BCUT2D eigenvalue weighted by molar-refractivity contribution is -0.227. The van der Waals surface area contributed by atoms with Gasteiger partial charge in [0.15, 0.2) is 6.10 Å². The Hall–Kier alpha value is -0.780. The lowest BCUT2D eigenvalue weighted by Crippen LogP contribution is -2.33. The summed E-state index contributed by atoms with van der Waals surface area (Å²) in [7, 11) is 0. The lowest BCUT2D eigenvalue weighted by Gasteiger charge is -2.24. The minimum atomic E-state index is -4.37. The van der Waals surface area contributed by atoms with Crippen molar-refractivity contribution in [2.24, 2.45) is 0 Å². The summed E-state index contributed by atoms with van der Waals surface area (Å²) in [6, 6.07) is 6.68. The monoisotopic (exact) mass is 295 g/mol. The van der Waals surface area contributed by atoms with Gasteiger partial charge in [0.2, 0.25) is 0 Å². The molecule has 1 aromatic carbocycles. The largest absolute Gasteiger partial charge is 0.414 e. The number of nitrogens with one attached hydrogen (secondary N) is 1. The molecule has 6 heteroatoms. The molecule has 2 nitrogen and oxygen atoms in total. The first kappa shape index (κ1) is 16.3. The summed E-state index contributed by atoms with van der Waals surface area (Å²) < 4.78 is 42.8. The van der Waals surface area contributed by atoms with Crippen molar-refractivity contribution in [3.63, 3.8) is 0 Å². The smallest absolute Gasteiger partial charge is 0.360 e. The fourth-order valence-corrected chi connectivity index (χ4v) is 1.75. The highest BCUT2D eigenvalue weighted by molar-refractivity contribution is 6.30. The molecule has 0 aliphatic rings. The molecule has 2 atom stereocenters. The number of hydrogen-bond acceptors (Lipinski definition) is 2. The molecule has 0 aliphatic heterocycles. The van der Waals surface area contributed by atoms with Crippen LogP contribution in [0.2, 0.25) is 5.02 Å². The number of alkyl halides is 3. The first-order chi connectivity index (χ1) is 8.84. The highest BCUT2D eigenvalue weighted by atomic mass is 35.5. The Morgan fingerprint density at radius 2 is 2.05 bits per heavy atom. The number of benzene rings is 1. The third-order valence-electron chi connectivity index (χ3n) is 2.63. The lowest BCUT2D eigenvalue weighted by atomic mass is 10.1. The van der Waals surface area contributed by atoms with Gasteiger partial charge in [0.05, 0.1) is 6.10 Å². The summed E-state index contributed by atoms with van der Waals surface area (Å²) >= 11 is 5.85. The van der Waals surface area contributed by atoms with Gasteiger partial charge in [-0.2, -0.15) is 13.2 Å². The Labute approximate surface area is 115 Å². The molecule has 0 fully saturated rings. The van der Waals surface area contributed by atoms with E-state index in [1.165, 1.54) is 0 Å². The van der Waals surface area contributed by atoms with Gasteiger partial charge < -0.3 is 10.1 Å². The van der Waals surface area contributed by atoms with Gasteiger partial charge in [0.1, 0.15) is 0 Å². The fraction of sp³-hybridized carbons (Fsp3) is 0.538. The van der Waals surface area contributed by atoms with E-state index in [9.17, 15) is 13.2 Å². The maximum atomic E-state index is 12.6. The molecule has 1 aromatic rings. The summed E-state index contributed by atoms with van der Waals surface area (Å²) in [4.78, 5) is 0. The molecule has 0 saturated carbocycles. The second-order valence-corrected chi connectivity index (χ2v) is 4.61. The predicted octanol–water partition coefficient (Wildman–Crippen LogP) is 3.96. The van der Waals surface area contributed by atoms with Crippen molar-refractivity contribution in [3.05, 3.63) is 34.9 Å². The Bertz CT molecular complexity index is 398. The summed E-state index contributed by atoms with van der Waals surface area (Å²) in [6.45, 7) is 3.84. The summed E-state index contributed by atoms with van der Waals surface area (Å²) in [5, 5.41) is 3.46. The second kappa shape index (κ2) is 7.12. The average molecular weight is 296 g/mol. The molecule has 2 unspecified atom stereocenters. The number of rotatable bonds is 6. The highest BCUT2D eigenvalue weighted by Gasteiger charge is 2.38. The van der Waals surface area contributed by atoms with Crippen LogP contribution in [0.4, 0.5) is 13.2 Å². The summed E-state index contributed by atoms with van der Waals surface area (Å²) in [5.74, 6) is 0. The van der Waals surface area contributed by atoms with Crippen LogP contribution in [0.5, 0.6) is 0 Å². The molecule has 0 bridgehead atoms. The summed E-state index contributed by atoms with van der Waals surface area (Å²) in [5.41, 5.74) is 0.629. The van der Waals surface area contributed by atoms with Crippen LogP contribution in [0.1, 0.15) is 25.5 Å². The van der Waals surface area contributed by atoms with E-state index in [2.05, 4.69) is 5.32 Å². The molecule has 19 heavy (non-hydrogen) atoms. The first-order valence-corrected chi connectivity index (χ1v) is 6.40. The molecular formula is C13H17ClF3NO. The molecule has 0 saturated heterocycles. The fourth-order valence-electron chi connectivity index (χ4n) is 1.55. The van der Waals surface area contributed by atoms with E-state index in [0.29, 0.717) is 23.7 Å². The second-order valence-electron chi connectivity index (χ2n) is 4.17. The third-order valence-corrected chi connectivity index (χ3v) is 2.86. The van der Waals surface area contributed by atoms with E-state index in [4.69, 9.17) is 16.3 Å². The minimum Gasteiger partial charge on any atom is -0.360 e. The van der Waals surface area contributed by atoms with Crippen LogP contribution in [-0.2, 0) is 4.74 Å². The van der Waals surface area contributed by atoms with Crippen molar-refractivity contribution in [2.45, 2.75) is 32.2 Å². The van der Waals surface area contributed by atoms with Gasteiger partial charge >= 0.3 is 6.18 Å². The zero-order chi connectivity index (χ0) is 14.5. The van der Waals surface area contributed by atoms with Gasteiger partial charge in [-0.3, -0.25) is 0 Å². The van der Waals surface area contributed by atoms with Crippen molar-refractivity contribution < 1.29 is 17.9 Å². The normalized spacial score (nSPS) is 15.3. The number of ether oxygens (including phenoxy) is 1. The Balaban J connectivity index is 2.83. The number of hydrogen-bond donors (Lipinski definition) is 1. The standard InChI is InChI=1S/C13H17ClF3NO/c1-3-18-8-12(19-9(2)13(15,16)17)10-5-4-6-11(14)7-10/h4-7,9,12,18H,3,8H2,1-2H3. The van der Waals surface area contributed by atoms with Crippen LogP contribution in [0.15, 0.2) is 24.3 Å². The van der Waals surface area contributed by atoms with E-state index in [1.54, 1.807) is 24.3 Å². The molecule has 0 aliphatic carbocycles. The maximum absolute atomic E-state index is 12.6. The topological polar surface area (TPSA) is 21.3 Å². The van der Waals surface area contributed by atoms with E-state index < -0.39 is 18.4 Å². The Morgan fingerprint density at radius 1 is 1.37 bits per heavy atom. The van der Waals surface area contributed by atoms with Crippen molar-refractivity contribution in [1.29, 1.82) is 0 Å². The van der Waals surface area contributed by atoms with Crippen LogP contribution in [0, 0.1) is 0 Å². The molecule has 108 valence electrons. The quantitative estimate of drug-likeness (QED) is 0.858. The molecule has 0 radical (unpaired) electrons. The van der Waals surface area contributed by atoms with E-state index in [1.807, 2.05) is 6.92 Å². The third kappa shape index (κ3) is 5.38. The van der Waals surface area contributed by atoms with Gasteiger partial charge in [0, 0.05) is 11.6 Å².